The fourth-order valence-corrected chi connectivity index (χ4v) is 4.20. The fraction of sp³-hybridized carbons (Fsp3) is 0.278. The van der Waals surface area contributed by atoms with Gasteiger partial charge in [-0.3, -0.25) is 4.79 Å². The van der Waals surface area contributed by atoms with E-state index in [0.717, 1.165) is 16.7 Å². The number of carbonyl (C=O) groups excluding carboxylic acids is 1. The Hall–Kier alpha value is -1.98. The summed E-state index contributed by atoms with van der Waals surface area (Å²) >= 11 is 0. The predicted octanol–water partition coefficient (Wildman–Crippen LogP) is 3.08. The second-order valence-electron chi connectivity index (χ2n) is 5.99. The maximum atomic E-state index is 12.8. The molecule has 0 N–H and O–H groups in total. The number of hydrogen-bond donors (Lipinski definition) is 0. The number of hydrogen-bond acceptors (Lipinski definition) is 3. The molecule has 0 unspecified atom stereocenters. The van der Waals surface area contributed by atoms with Crippen molar-refractivity contribution in [2.75, 3.05) is 6.54 Å². The molecule has 0 amide bonds. The van der Waals surface area contributed by atoms with Gasteiger partial charge in [-0.1, -0.05) is 35.4 Å². The minimum atomic E-state index is -3.60. The van der Waals surface area contributed by atoms with Crippen LogP contribution in [0.3, 0.4) is 0 Å². The lowest BCUT2D eigenvalue weighted by Gasteiger charge is -2.20. The van der Waals surface area contributed by atoms with Crippen molar-refractivity contribution >= 4 is 15.8 Å². The van der Waals surface area contributed by atoms with Gasteiger partial charge in [0.2, 0.25) is 10.0 Å². The lowest BCUT2D eigenvalue weighted by Crippen LogP contribution is -2.31. The molecule has 4 nitrogen and oxygen atoms in total. The maximum absolute atomic E-state index is 12.8. The van der Waals surface area contributed by atoms with Crippen molar-refractivity contribution in [1.29, 1.82) is 0 Å². The first kappa shape index (κ1) is 15.9. The highest BCUT2D eigenvalue weighted by molar-refractivity contribution is 7.89. The maximum Gasteiger partial charge on any atom is 0.243 e. The van der Waals surface area contributed by atoms with E-state index >= 15 is 0 Å². The van der Waals surface area contributed by atoms with Gasteiger partial charge in [-0.15, -0.1) is 0 Å². The molecule has 1 heterocycles. The van der Waals surface area contributed by atoms with Crippen LogP contribution in [0.5, 0.6) is 0 Å². The van der Waals surface area contributed by atoms with Gasteiger partial charge in [0.25, 0.3) is 0 Å². The molecule has 1 aliphatic rings. The second-order valence-corrected chi connectivity index (χ2v) is 7.92. The molecule has 0 fully saturated rings. The molecule has 5 heteroatoms. The average molecular weight is 329 g/mol. The molecule has 0 radical (unpaired) electrons. The minimum absolute atomic E-state index is 0.00491. The van der Waals surface area contributed by atoms with Crippen LogP contribution in [0.15, 0.2) is 47.4 Å². The molecule has 23 heavy (non-hydrogen) atoms. The first-order chi connectivity index (χ1) is 10.9. The van der Waals surface area contributed by atoms with Crippen LogP contribution in [0.4, 0.5) is 0 Å². The van der Waals surface area contributed by atoms with Crippen LogP contribution in [0.1, 0.15) is 33.5 Å². The van der Waals surface area contributed by atoms with Gasteiger partial charge in [-0.05, 0) is 37.6 Å². The number of sulfonamides is 1. The molecule has 0 atom stereocenters. The zero-order chi connectivity index (χ0) is 16.6. The summed E-state index contributed by atoms with van der Waals surface area (Å²) < 4.78 is 27.1. The van der Waals surface area contributed by atoms with Crippen LogP contribution >= 0.6 is 0 Å². The Morgan fingerprint density at radius 2 is 1.61 bits per heavy atom. The molecule has 0 aromatic heterocycles. The van der Waals surface area contributed by atoms with Gasteiger partial charge in [-0.25, -0.2) is 8.42 Å². The van der Waals surface area contributed by atoms with Crippen molar-refractivity contribution in [1.82, 2.24) is 4.31 Å². The zero-order valence-corrected chi connectivity index (χ0v) is 14.1. The second kappa shape index (κ2) is 5.91. The Kier molecular flexibility index (Phi) is 4.08. The summed E-state index contributed by atoms with van der Waals surface area (Å²) in [6, 6.07) is 12.4. The lowest BCUT2D eigenvalue weighted by atomic mass is 10.0. The standard InChI is InChI=1S/C18H19NO3S/c1-13-4-7-16(8-5-13)23(21,22)19-10-9-18(20)17-11-14(2)3-6-15(17)12-19/h3-8,11H,9-10,12H2,1-2H3. The van der Waals surface area contributed by atoms with E-state index in [-0.39, 0.29) is 30.2 Å². The highest BCUT2D eigenvalue weighted by Gasteiger charge is 2.29. The minimum Gasteiger partial charge on any atom is -0.294 e. The molecule has 1 aliphatic heterocycles. The molecule has 0 saturated heterocycles. The van der Waals surface area contributed by atoms with E-state index in [1.54, 1.807) is 24.3 Å². The van der Waals surface area contributed by atoms with Crippen molar-refractivity contribution in [2.45, 2.75) is 31.7 Å². The lowest BCUT2D eigenvalue weighted by molar-refractivity contribution is 0.0981. The van der Waals surface area contributed by atoms with Crippen LogP contribution in [-0.2, 0) is 16.6 Å². The third-order valence-corrected chi connectivity index (χ3v) is 6.02. The number of fused-ring (bicyclic) bond motifs is 1. The molecular formula is C18H19NO3S. The van der Waals surface area contributed by atoms with Gasteiger partial charge in [0.1, 0.15) is 0 Å². The quantitative estimate of drug-likeness (QED) is 0.851. The van der Waals surface area contributed by atoms with E-state index in [9.17, 15) is 13.2 Å². The van der Waals surface area contributed by atoms with E-state index in [2.05, 4.69) is 0 Å². The molecule has 0 bridgehead atoms. The van der Waals surface area contributed by atoms with Crippen molar-refractivity contribution in [3.05, 3.63) is 64.7 Å². The number of nitrogens with zero attached hydrogens (tertiary/aromatic N) is 1. The molecule has 2 aromatic carbocycles. The summed E-state index contributed by atoms with van der Waals surface area (Å²) in [4.78, 5) is 12.6. The van der Waals surface area contributed by atoms with Crippen LogP contribution in [-0.4, -0.2) is 25.1 Å². The summed E-state index contributed by atoms with van der Waals surface area (Å²) in [6.45, 7) is 4.29. The smallest absolute Gasteiger partial charge is 0.243 e. The Bertz CT molecular complexity index is 854. The zero-order valence-electron chi connectivity index (χ0n) is 13.2. The Morgan fingerprint density at radius 1 is 0.957 bits per heavy atom. The van der Waals surface area contributed by atoms with Gasteiger partial charge in [0.05, 0.1) is 4.90 Å². The van der Waals surface area contributed by atoms with E-state index in [4.69, 9.17) is 0 Å². The van der Waals surface area contributed by atoms with E-state index in [1.165, 1.54) is 4.31 Å². The average Bonchev–Trinajstić information content (AvgIpc) is 2.68. The summed E-state index contributed by atoms with van der Waals surface area (Å²) in [6.07, 6.45) is 0.210. The Labute approximate surface area is 136 Å². The third-order valence-electron chi connectivity index (χ3n) is 4.16. The summed E-state index contributed by atoms with van der Waals surface area (Å²) in [7, 11) is -3.60. The van der Waals surface area contributed by atoms with Crippen molar-refractivity contribution < 1.29 is 13.2 Å². The normalized spacial score (nSPS) is 16.0. The number of benzene rings is 2. The monoisotopic (exact) mass is 329 g/mol. The van der Waals surface area contributed by atoms with E-state index in [0.29, 0.717) is 5.56 Å². The van der Waals surface area contributed by atoms with Crippen LogP contribution in [0, 0.1) is 13.8 Å². The van der Waals surface area contributed by atoms with Gasteiger partial charge in [-0.2, -0.15) is 4.31 Å². The highest BCUT2D eigenvalue weighted by Crippen LogP contribution is 2.25. The van der Waals surface area contributed by atoms with Crippen LogP contribution < -0.4 is 0 Å². The van der Waals surface area contributed by atoms with Gasteiger partial charge in [0.15, 0.2) is 5.78 Å². The predicted molar refractivity (Wildman–Crippen MR) is 88.9 cm³/mol. The number of rotatable bonds is 2. The number of Topliss-reactive ketones (excluding diaryl/α,β-unsaturated/α-hetero) is 1. The topological polar surface area (TPSA) is 54.5 Å². The molecule has 0 saturated carbocycles. The Balaban J connectivity index is 1.99. The first-order valence-electron chi connectivity index (χ1n) is 7.57. The number of carbonyl (C=O) groups is 1. The molecule has 3 rings (SSSR count). The summed E-state index contributed by atoms with van der Waals surface area (Å²) in [5, 5.41) is 0. The largest absolute Gasteiger partial charge is 0.294 e. The third kappa shape index (κ3) is 3.07. The fourth-order valence-electron chi connectivity index (χ4n) is 2.78. The Morgan fingerprint density at radius 3 is 2.30 bits per heavy atom. The van der Waals surface area contributed by atoms with Crippen molar-refractivity contribution in [3.63, 3.8) is 0 Å². The van der Waals surface area contributed by atoms with Crippen molar-refractivity contribution in [3.8, 4) is 0 Å². The SMILES string of the molecule is Cc1ccc(S(=O)(=O)N2CCC(=O)c3cc(C)ccc3C2)cc1. The molecule has 0 spiro atoms. The van der Waals surface area contributed by atoms with Crippen LogP contribution in [0.25, 0.3) is 0 Å². The van der Waals surface area contributed by atoms with Gasteiger partial charge >= 0.3 is 0 Å². The van der Waals surface area contributed by atoms with Crippen LogP contribution in [0.2, 0.25) is 0 Å². The summed E-state index contributed by atoms with van der Waals surface area (Å²) in [5.74, 6) is 0.00491. The number of ketones is 1. The number of aryl methyl sites for hydroxylation is 2. The molecular weight excluding hydrogens is 310 g/mol. The van der Waals surface area contributed by atoms with E-state index in [1.807, 2.05) is 32.0 Å². The van der Waals surface area contributed by atoms with Crippen molar-refractivity contribution in [2.24, 2.45) is 0 Å². The van der Waals surface area contributed by atoms with Gasteiger partial charge in [0, 0.05) is 25.1 Å². The highest BCUT2D eigenvalue weighted by atomic mass is 32.2. The van der Waals surface area contributed by atoms with E-state index < -0.39 is 10.0 Å². The molecule has 120 valence electrons. The molecule has 0 aliphatic carbocycles. The molecule has 2 aromatic rings. The van der Waals surface area contributed by atoms with Gasteiger partial charge < -0.3 is 0 Å². The summed E-state index contributed by atoms with van der Waals surface area (Å²) in [5.41, 5.74) is 3.43. The first-order valence-corrected chi connectivity index (χ1v) is 9.01.